The third kappa shape index (κ3) is 4.99. The molecular formula is C30H27N5O. The Hall–Kier alpha value is -4.42. The molecule has 1 saturated heterocycles. The van der Waals surface area contributed by atoms with Crippen molar-refractivity contribution in [1.29, 1.82) is 0 Å². The number of hydrogen-bond donors (Lipinski definition) is 3. The number of ether oxygens (including phenoxy) is 1. The van der Waals surface area contributed by atoms with E-state index in [4.69, 9.17) is 20.4 Å². The van der Waals surface area contributed by atoms with Crippen LogP contribution in [0.25, 0.3) is 57.5 Å². The van der Waals surface area contributed by atoms with Crippen LogP contribution in [0.5, 0.6) is 0 Å². The van der Waals surface area contributed by atoms with Gasteiger partial charge >= 0.3 is 0 Å². The SMILES string of the molecule is C1CCOC1.Nc1ccc(-c2cc3cc4nc(cc5ccc(cc6nc(cc2[nH]3)C=C6)[nH]5)C=C4)cc1. The average Bonchev–Trinajstić information content (AvgIpc) is 3.69. The van der Waals surface area contributed by atoms with Crippen molar-refractivity contribution in [2.75, 3.05) is 18.9 Å². The van der Waals surface area contributed by atoms with Gasteiger partial charge < -0.3 is 20.4 Å². The lowest BCUT2D eigenvalue weighted by Crippen LogP contribution is -1.83. The highest BCUT2D eigenvalue weighted by Crippen LogP contribution is 2.28. The maximum Gasteiger partial charge on any atom is 0.0658 e. The Kier molecular flexibility index (Phi) is 5.93. The Bertz CT molecular complexity index is 1610. The van der Waals surface area contributed by atoms with E-state index >= 15 is 0 Å². The van der Waals surface area contributed by atoms with Crippen LogP contribution >= 0.6 is 0 Å². The first-order chi connectivity index (χ1) is 17.7. The van der Waals surface area contributed by atoms with Gasteiger partial charge in [0, 0.05) is 46.5 Å². The monoisotopic (exact) mass is 473 g/mol. The third-order valence-electron chi connectivity index (χ3n) is 6.22. The van der Waals surface area contributed by atoms with Crippen molar-refractivity contribution in [3.8, 4) is 11.1 Å². The molecule has 0 saturated carbocycles. The number of aromatic nitrogens is 4. The van der Waals surface area contributed by atoms with Crippen molar-refractivity contribution >= 4 is 52.1 Å². The normalized spacial score (nSPS) is 14.0. The Morgan fingerprint density at radius 1 is 0.611 bits per heavy atom. The highest BCUT2D eigenvalue weighted by atomic mass is 16.5. The van der Waals surface area contributed by atoms with Crippen LogP contribution in [0.2, 0.25) is 0 Å². The molecule has 3 aromatic heterocycles. The molecule has 6 nitrogen and oxygen atoms in total. The van der Waals surface area contributed by atoms with Crippen LogP contribution in [0.1, 0.15) is 35.6 Å². The lowest BCUT2D eigenvalue weighted by molar-refractivity contribution is 0.198. The molecule has 1 fully saturated rings. The van der Waals surface area contributed by atoms with Crippen molar-refractivity contribution in [3.05, 3.63) is 89.5 Å². The number of rotatable bonds is 1. The minimum Gasteiger partial charge on any atom is -0.399 e. The number of benzene rings is 1. The predicted octanol–water partition coefficient (Wildman–Crippen LogP) is 6.70. The van der Waals surface area contributed by atoms with E-state index in [9.17, 15) is 0 Å². The molecular weight excluding hydrogens is 446 g/mol. The lowest BCUT2D eigenvalue weighted by Gasteiger charge is -1.99. The number of nitrogens with two attached hydrogens (primary N) is 1. The maximum absolute atomic E-state index is 5.89. The number of nitrogen functional groups attached to an aromatic ring is 1. The van der Waals surface area contributed by atoms with E-state index in [0.29, 0.717) is 0 Å². The smallest absolute Gasteiger partial charge is 0.0658 e. The fourth-order valence-electron chi connectivity index (χ4n) is 4.43. The Balaban J connectivity index is 0.000000431. The summed E-state index contributed by atoms with van der Waals surface area (Å²) in [6.45, 7) is 2.00. The fourth-order valence-corrected chi connectivity index (χ4v) is 4.43. The highest BCUT2D eigenvalue weighted by Gasteiger charge is 2.07. The Labute approximate surface area is 209 Å². The predicted molar refractivity (Wildman–Crippen MR) is 149 cm³/mol. The minimum atomic E-state index is 0.747. The summed E-state index contributed by atoms with van der Waals surface area (Å²) < 4.78 is 4.94. The van der Waals surface area contributed by atoms with Crippen molar-refractivity contribution in [3.63, 3.8) is 0 Å². The molecule has 4 aromatic rings. The summed E-state index contributed by atoms with van der Waals surface area (Å²) in [5.41, 5.74) is 16.4. The van der Waals surface area contributed by atoms with Crippen LogP contribution in [0.3, 0.4) is 0 Å². The summed E-state index contributed by atoms with van der Waals surface area (Å²) >= 11 is 0. The second kappa shape index (κ2) is 9.68. The molecule has 0 spiro atoms. The van der Waals surface area contributed by atoms with E-state index in [1.807, 2.05) is 72.8 Å². The van der Waals surface area contributed by atoms with E-state index in [-0.39, 0.29) is 0 Å². The molecule has 36 heavy (non-hydrogen) atoms. The van der Waals surface area contributed by atoms with E-state index in [2.05, 4.69) is 28.2 Å². The third-order valence-corrected chi connectivity index (χ3v) is 6.22. The molecule has 0 amide bonds. The van der Waals surface area contributed by atoms with Crippen molar-refractivity contribution < 1.29 is 4.74 Å². The molecule has 0 aliphatic carbocycles. The molecule has 1 aromatic carbocycles. The number of hydrogen-bond acceptors (Lipinski definition) is 4. The maximum atomic E-state index is 5.89. The zero-order valence-electron chi connectivity index (χ0n) is 19.9. The summed E-state index contributed by atoms with van der Waals surface area (Å²) in [6.07, 6.45) is 10.7. The van der Waals surface area contributed by atoms with Gasteiger partial charge in [-0.15, -0.1) is 0 Å². The molecule has 0 radical (unpaired) electrons. The van der Waals surface area contributed by atoms with Gasteiger partial charge in [-0.1, -0.05) is 12.1 Å². The second-order valence-electron chi connectivity index (χ2n) is 9.03. The number of fused-ring (bicyclic) bond motifs is 8. The first-order valence-corrected chi connectivity index (χ1v) is 12.2. The van der Waals surface area contributed by atoms with Crippen molar-refractivity contribution in [2.24, 2.45) is 0 Å². The molecule has 4 N–H and O–H groups in total. The zero-order chi connectivity index (χ0) is 24.3. The van der Waals surface area contributed by atoms with Crippen LogP contribution in [-0.4, -0.2) is 33.1 Å². The van der Waals surface area contributed by atoms with Gasteiger partial charge in [0.25, 0.3) is 0 Å². The summed E-state index contributed by atoms with van der Waals surface area (Å²) in [4.78, 5) is 16.4. The van der Waals surface area contributed by atoms with Gasteiger partial charge in [0.2, 0.25) is 0 Å². The quantitative estimate of drug-likeness (QED) is 0.232. The Morgan fingerprint density at radius 3 is 1.72 bits per heavy atom. The molecule has 0 unspecified atom stereocenters. The van der Waals surface area contributed by atoms with Gasteiger partial charge in [-0.25, -0.2) is 9.97 Å². The molecule has 0 atom stereocenters. The fraction of sp³-hybridized carbons (Fsp3) is 0.133. The number of anilines is 1. The minimum absolute atomic E-state index is 0.747. The van der Waals surface area contributed by atoms with Gasteiger partial charge in [-0.3, -0.25) is 0 Å². The number of nitrogens with zero attached hydrogens (tertiary/aromatic N) is 2. The van der Waals surface area contributed by atoms with E-state index in [1.54, 1.807) is 0 Å². The molecule has 3 aliphatic heterocycles. The Morgan fingerprint density at radius 2 is 1.17 bits per heavy atom. The largest absolute Gasteiger partial charge is 0.399 e. The molecule has 8 bridgehead atoms. The highest BCUT2D eigenvalue weighted by molar-refractivity contribution is 5.88. The number of H-pyrrole nitrogens is 2. The van der Waals surface area contributed by atoms with Crippen LogP contribution in [0.4, 0.5) is 5.69 Å². The van der Waals surface area contributed by atoms with Crippen LogP contribution in [0, 0.1) is 0 Å². The van der Waals surface area contributed by atoms with Crippen molar-refractivity contribution in [2.45, 2.75) is 12.8 Å². The van der Waals surface area contributed by atoms with Gasteiger partial charge in [0.1, 0.15) is 0 Å². The molecule has 3 aliphatic rings. The first-order valence-electron chi connectivity index (χ1n) is 12.2. The summed E-state index contributed by atoms with van der Waals surface area (Å²) in [7, 11) is 0. The standard InChI is InChI=1S/C26H19N5.C4H8O/c27-17-3-1-16(2-4-17)25-14-24-13-22-8-7-20(29-22)11-18-5-6-19(28-18)12-21-9-10-23(30-21)15-26(25)31-24;1-2-4-5-3-1/h1-15,28,31H,27H2;1-4H2. The van der Waals surface area contributed by atoms with Crippen LogP contribution in [-0.2, 0) is 4.74 Å². The lowest BCUT2D eigenvalue weighted by atomic mass is 10.1. The zero-order valence-corrected chi connectivity index (χ0v) is 19.9. The van der Waals surface area contributed by atoms with Crippen LogP contribution in [0.15, 0.2) is 66.7 Å². The second-order valence-corrected chi connectivity index (χ2v) is 9.03. The van der Waals surface area contributed by atoms with Crippen molar-refractivity contribution in [1.82, 2.24) is 19.9 Å². The van der Waals surface area contributed by atoms with Gasteiger partial charge in [0.15, 0.2) is 0 Å². The van der Waals surface area contributed by atoms with Gasteiger partial charge in [-0.05, 0) is 97.3 Å². The van der Waals surface area contributed by atoms with E-state index in [0.717, 1.165) is 74.9 Å². The topological polar surface area (TPSA) is 92.6 Å². The van der Waals surface area contributed by atoms with E-state index in [1.165, 1.54) is 12.8 Å². The van der Waals surface area contributed by atoms with Crippen LogP contribution < -0.4 is 5.73 Å². The molecule has 7 rings (SSSR count). The average molecular weight is 474 g/mol. The van der Waals surface area contributed by atoms with Gasteiger partial charge in [-0.2, -0.15) is 0 Å². The molecule has 6 heteroatoms. The molecule has 178 valence electrons. The summed E-state index contributed by atoms with van der Waals surface area (Å²) in [5.74, 6) is 0. The number of nitrogens with one attached hydrogen (secondary N) is 2. The summed E-state index contributed by atoms with van der Waals surface area (Å²) in [5, 5.41) is 0. The molecule has 6 heterocycles. The van der Waals surface area contributed by atoms with E-state index < -0.39 is 0 Å². The van der Waals surface area contributed by atoms with Gasteiger partial charge in [0.05, 0.1) is 22.8 Å². The first kappa shape index (κ1) is 22.1. The summed E-state index contributed by atoms with van der Waals surface area (Å²) in [6, 6.07) is 22.4. The number of aromatic amines is 2.